The molecule has 0 fully saturated rings. The molecule has 7 aromatic carbocycles. The minimum atomic E-state index is 0.710. The van der Waals surface area contributed by atoms with Crippen LogP contribution in [0.25, 0.3) is 109 Å². The van der Waals surface area contributed by atoms with E-state index in [1.54, 1.807) is 11.3 Å². The first-order valence-electron chi connectivity index (χ1n) is 17.4. The third kappa shape index (κ3) is 4.50. The number of fused-ring (bicyclic) bond motifs is 9. The van der Waals surface area contributed by atoms with Crippen LogP contribution in [0.4, 0.5) is 0 Å². The van der Waals surface area contributed by atoms with E-state index < -0.39 is 0 Å². The number of pyridine rings is 1. The van der Waals surface area contributed by atoms with Gasteiger partial charge < -0.3 is 4.42 Å². The summed E-state index contributed by atoms with van der Waals surface area (Å²) < 4.78 is 8.95. The van der Waals surface area contributed by atoms with Crippen molar-refractivity contribution in [2.45, 2.75) is 0 Å². The zero-order chi connectivity index (χ0) is 34.2. The molecule has 4 nitrogen and oxygen atoms in total. The van der Waals surface area contributed by atoms with Crippen LogP contribution in [0.3, 0.4) is 0 Å². The molecule has 0 bridgehead atoms. The quantitative estimate of drug-likeness (QED) is 0.185. The topological polar surface area (TPSA) is 51.8 Å². The Morgan fingerprint density at radius 1 is 0.462 bits per heavy atom. The Hall–Kier alpha value is -6.69. The molecule has 0 saturated carbocycles. The zero-order valence-corrected chi connectivity index (χ0v) is 28.6. The van der Waals surface area contributed by atoms with Gasteiger partial charge in [-0.15, -0.1) is 11.3 Å². The summed E-state index contributed by atoms with van der Waals surface area (Å²) in [7, 11) is 0. The van der Waals surface area contributed by atoms with Crippen molar-refractivity contribution < 1.29 is 4.42 Å². The molecule has 11 aromatic rings. The number of para-hydroxylation sites is 2. The van der Waals surface area contributed by atoms with Crippen molar-refractivity contribution in [1.82, 2.24) is 15.0 Å². The average molecular weight is 682 g/mol. The molecule has 0 N–H and O–H groups in total. The fourth-order valence-corrected chi connectivity index (χ4v) is 8.87. The molecule has 0 radical (unpaired) electrons. The SMILES string of the molecule is c1ccc2c(-c3cc(-c4ccc(-c5nc6ccccc6c6c5oc5ccccc56)cc4)nc(-c4cccc5c4sc4ccccc45)n3)cccc2c1. The number of rotatable bonds is 4. The van der Waals surface area contributed by atoms with Gasteiger partial charge in [-0.05, 0) is 41.1 Å². The van der Waals surface area contributed by atoms with Gasteiger partial charge in [-0.2, -0.15) is 0 Å². The van der Waals surface area contributed by atoms with Crippen molar-refractivity contribution >= 4 is 75.1 Å². The lowest BCUT2D eigenvalue weighted by atomic mass is 9.99. The largest absolute Gasteiger partial charge is 0.454 e. The van der Waals surface area contributed by atoms with Gasteiger partial charge in [0.1, 0.15) is 11.3 Å². The molecule has 0 aliphatic carbocycles. The maximum Gasteiger partial charge on any atom is 0.162 e. The number of aromatic nitrogens is 3. The van der Waals surface area contributed by atoms with Crippen molar-refractivity contribution in [3.8, 4) is 45.2 Å². The van der Waals surface area contributed by atoms with Crippen molar-refractivity contribution in [2.75, 3.05) is 0 Å². The molecule has 0 amide bonds. The highest BCUT2D eigenvalue weighted by Gasteiger charge is 2.19. The zero-order valence-electron chi connectivity index (χ0n) is 27.7. The lowest BCUT2D eigenvalue weighted by molar-refractivity contribution is 0.669. The predicted octanol–water partition coefficient (Wildman–Crippen LogP) is 13.1. The minimum Gasteiger partial charge on any atom is -0.454 e. The third-order valence-electron chi connectivity index (χ3n) is 10.1. The van der Waals surface area contributed by atoms with Crippen LogP contribution in [0.5, 0.6) is 0 Å². The number of furan rings is 1. The molecule has 242 valence electrons. The third-order valence-corrected chi connectivity index (χ3v) is 11.3. The summed E-state index contributed by atoms with van der Waals surface area (Å²) in [6.07, 6.45) is 0. The number of nitrogens with zero attached hydrogens (tertiary/aromatic N) is 3. The van der Waals surface area contributed by atoms with Crippen molar-refractivity contribution in [3.05, 3.63) is 164 Å². The Bertz CT molecular complexity index is 3190. The van der Waals surface area contributed by atoms with E-state index in [9.17, 15) is 0 Å². The van der Waals surface area contributed by atoms with Crippen LogP contribution in [0, 0.1) is 0 Å². The number of hydrogen-bond acceptors (Lipinski definition) is 5. The van der Waals surface area contributed by atoms with Crippen LogP contribution in [-0.2, 0) is 0 Å². The molecule has 0 saturated heterocycles. The summed E-state index contributed by atoms with van der Waals surface area (Å²) >= 11 is 1.80. The Morgan fingerprint density at radius 3 is 2.02 bits per heavy atom. The molecule has 0 atom stereocenters. The van der Waals surface area contributed by atoms with Crippen LogP contribution in [0.2, 0.25) is 0 Å². The van der Waals surface area contributed by atoms with Crippen molar-refractivity contribution in [1.29, 1.82) is 0 Å². The summed E-state index contributed by atoms with van der Waals surface area (Å²) in [6, 6.07) is 57.1. The Labute approximate surface area is 302 Å². The fraction of sp³-hybridized carbons (Fsp3) is 0. The first kappa shape index (κ1) is 29.1. The molecule has 0 aliphatic rings. The monoisotopic (exact) mass is 681 g/mol. The summed E-state index contributed by atoms with van der Waals surface area (Å²) in [6.45, 7) is 0. The standard InChI is InChI=1S/C47H27N3OS/c1-2-13-31-28(11-1)12-9-17-32(31)40-27-39(49-47(50-40)37-19-10-18-34-33-14-5-8-22-42(33)52-46(34)37)29-23-25-30(26-24-29)44-45-43(35-15-3-6-20-38(35)48-44)36-16-4-7-21-41(36)51-45/h1-27H. The highest BCUT2D eigenvalue weighted by molar-refractivity contribution is 7.26. The molecule has 0 aliphatic heterocycles. The van der Waals surface area contributed by atoms with Gasteiger partial charge in [-0.3, -0.25) is 0 Å². The molecule has 5 heteroatoms. The highest BCUT2D eigenvalue weighted by atomic mass is 32.1. The number of thiophene rings is 1. The average Bonchev–Trinajstić information content (AvgIpc) is 3.80. The summed E-state index contributed by atoms with van der Waals surface area (Å²) in [5, 5.41) is 8.10. The lowest BCUT2D eigenvalue weighted by Crippen LogP contribution is -1.97. The van der Waals surface area contributed by atoms with Gasteiger partial charge in [0, 0.05) is 58.6 Å². The van der Waals surface area contributed by atoms with E-state index in [1.807, 2.05) is 18.2 Å². The minimum absolute atomic E-state index is 0.710. The molecule has 52 heavy (non-hydrogen) atoms. The molecule has 11 rings (SSSR count). The van der Waals surface area contributed by atoms with Crippen molar-refractivity contribution in [3.63, 3.8) is 0 Å². The van der Waals surface area contributed by atoms with E-state index in [1.165, 1.54) is 25.6 Å². The highest BCUT2D eigenvalue weighted by Crippen LogP contribution is 2.42. The first-order chi connectivity index (χ1) is 25.8. The van der Waals surface area contributed by atoms with E-state index in [2.05, 4.69) is 146 Å². The van der Waals surface area contributed by atoms with Crippen LogP contribution in [-0.4, -0.2) is 15.0 Å². The van der Waals surface area contributed by atoms with E-state index >= 15 is 0 Å². The van der Waals surface area contributed by atoms with Gasteiger partial charge in [0.15, 0.2) is 11.4 Å². The van der Waals surface area contributed by atoms with Gasteiger partial charge in [0.2, 0.25) is 0 Å². The molecule has 0 unspecified atom stereocenters. The van der Waals surface area contributed by atoms with Crippen LogP contribution < -0.4 is 0 Å². The first-order valence-corrected chi connectivity index (χ1v) is 18.2. The molecular formula is C47H27N3OS. The maximum atomic E-state index is 6.50. The van der Waals surface area contributed by atoms with Crippen LogP contribution in [0.15, 0.2) is 168 Å². The fourth-order valence-electron chi connectivity index (χ4n) is 7.65. The van der Waals surface area contributed by atoms with Crippen molar-refractivity contribution in [2.24, 2.45) is 0 Å². The lowest BCUT2D eigenvalue weighted by Gasteiger charge is -2.12. The van der Waals surface area contributed by atoms with E-state index in [0.29, 0.717) is 5.82 Å². The van der Waals surface area contributed by atoms with Crippen LogP contribution in [0.1, 0.15) is 0 Å². The molecule has 4 heterocycles. The molecule has 0 spiro atoms. The second kappa shape index (κ2) is 11.4. The Morgan fingerprint density at radius 2 is 1.12 bits per heavy atom. The number of benzene rings is 7. The smallest absolute Gasteiger partial charge is 0.162 e. The predicted molar refractivity (Wildman–Crippen MR) is 217 cm³/mol. The molecular weight excluding hydrogens is 655 g/mol. The second-order valence-electron chi connectivity index (χ2n) is 13.1. The Balaban J connectivity index is 1.11. The molecule has 4 aromatic heterocycles. The van der Waals surface area contributed by atoms with E-state index in [4.69, 9.17) is 19.4 Å². The summed E-state index contributed by atoms with van der Waals surface area (Å²) in [5.41, 5.74) is 9.27. The summed E-state index contributed by atoms with van der Waals surface area (Å²) in [5.74, 6) is 0.710. The van der Waals surface area contributed by atoms with Gasteiger partial charge in [-0.1, -0.05) is 133 Å². The normalized spacial score (nSPS) is 11.8. The van der Waals surface area contributed by atoms with Gasteiger partial charge in [0.05, 0.1) is 16.9 Å². The van der Waals surface area contributed by atoms with Gasteiger partial charge >= 0.3 is 0 Å². The van der Waals surface area contributed by atoms with E-state index in [-0.39, 0.29) is 0 Å². The second-order valence-corrected chi connectivity index (χ2v) is 14.2. The maximum absolute atomic E-state index is 6.50. The Kier molecular flexibility index (Phi) is 6.39. The van der Waals surface area contributed by atoms with Gasteiger partial charge in [-0.25, -0.2) is 15.0 Å². The van der Waals surface area contributed by atoms with Gasteiger partial charge in [0.25, 0.3) is 0 Å². The number of hydrogen-bond donors (Lipinski definition) is 0. The van der Waals surface area contributed by atoms with E-state index in [0.717, 1.165) is 77.6 Å². The summed E-state index contributed by atoms with van der Waals surface area (Å²) in [4.78, 5) is 15.7. The van der Waals surface area contributed by atoms with Crippen LogP contribution >= 0.6 is 11.3 Å².